The van der Waals surface area contributed by atoms with Gasteiger partial charge in [-0.25, -0.2) is 0 Å². The zero-order valence-electron chi connectivity index (χ0n) is 19.7. The second-order valence-electron chi connectivity index (χ2n) is 8.57. The molecule has 2 heterocycles. The van der Waals surface area contributed by atoms with Crippen molar-refractivity contribution in [1.82, 2.24) is 15.5 Å². The van der Waals surface area contributed by atoms with Crippen molar-refractivity contribution >= 4 is 29.9 Å². The molecule has 32 heavy (non-hydrogen) atoms. The average molecular weight is 561 g/mol. The highest BCUT2D eigenvalue weighted by atomic mass is 127. The van der Waals surface area contributed by atoms with E-state index in [1.54, 1.807) is 0 Å². The van der Waals surface area contributed by atoms with E-state index >= 15 is 0 Å². The zero-order valence-corrected chi connectivity index (χ0v) is 22.0. The predicted molar refractivity (Wildman–Crippen MR) is 140 cm³/mol. The van der Waals surface area contributed by atoms with Crippen molar-refractivity contribution in [2.24, 2.45) is 10.9 Å². The summed E-state index contributed by atoms with van der Waals surface area (Å²) in [6, 6.07) is 8.79. The fourth-order valence-corrected chi connectivity index (χ4v) is 4.08. The first-order valence-corrected chi connectivity index (χ1v) is 11.7. The van der Waals surface area contributed by atoms with E-state index in [9.17, 15) is 0 Å². The molecule has 182 valence electrons. The van der Waals surface area contributed by atoms with Crippen LogP contribution in [0.4, 0.5) is 0 Å². The molecule has 0 spiro atoms. The molecule has 8 heteroatoms. The maximum absolute atomic E-state index is 5.83. The lowest BCUT2D eigenvalue weighted by atomic mass is 10.0. The van der Waals surface area contributed by atoms with Crippen LogP contribution in [0.5, 0.6) is 0 Å². The van der Waals surface area contributed by atoms with Crippen LogP contribution in [0.1, 0.15) is 37.3 Å². The Hall–Kier alpha value is -0.940. The summed E-state index contributed by atoms with van der Waals surface area (Å²) in [5, 5.41) is 6.80. The number of guanidine groups is 1. The fourth-order valence-electron chi connectivity index (χ4n) is 4.08. The Labute approximate surface area is 210 Å². The smallest absolute Gasteiger partial charge is 0.191 e. The van der Waals surface area contributed by atoms with E-state index in [0.29, 0.717) is 12.0 Å². The lowest BCUT2D eigenvalue weighted by Gasteiger charge is -2.31. The number of benzene rings is 1. The monoisotopic (exact) mass is 560 g/mol. The van der Waals surface area contributed by atoms with Gasteiger partial charge in [0.1, 0.15) is 0 Å². The van der Waals surface area contributed by atoms with Crippen molar-refractivity contribution in [1.29, 1.82) is 0 Å². The lowest BCUT2D eigenvalue weighted by molar-refractivity contribution is -0.0212. The molecular weight excluding hydrogens is 519 g/mol. The van der Waals surface area contributed by atoms with Crippen LogP contribution in [-0.2, 0) is 27.3 Å². The molecule has 3 rings (SSSR count). The summed E-state index contributed by atoms with van der Waals surface area (Å²) in [5.41, 5.74) is 2.61. The lowest BCUT2D eigenvalue weighted by Crippen LogP contribution is -2.40. The second kappa shape index (κ2) is 15.8. The van der Waals surface area contributed by atoms with Crippen LogP contribution < -0.4 is 10.6 Å². The number of hydrogen-bond acceptors (Lipinski definition) is 5. The number of halogens is 1. The van der Waals surface area contributed by atoms with Gasteiger partial charge < -0.3 is 24.8 Å². The summed E-state index contributed by atoms with van der Waals surface area (Å²) in [6.45, 7) is 11.0. The molecule has 0 amide bonds. The van der Waals surface area contributed by atoms with E-state index in [1.165, 1.54) is 11.1 Å². The number of rotatable bonds is 10. The SMILES string of the molecule is CN=C(NCCCOCC1CCOCC1)NCc1cccc(CN2CCOC(C)C2)c1.I. The Balaban J connectivity index is 0.00000363. The molecule has 0 aliphatic carbocycles. The molecule has 2 fully saturated rings. The Kier molecular flexibility index (Phi) is 13.5. The Morgan fingerprint density at radius 2 is 2.00 bits per heavy atom. The quantitative estimate of drug-likeness (QED) is 0.199. The average Bonchev–Trinajstić information content (AvgIpc) is 2.79. The molecule has 2 N–H and O–H groups in total. The van der Waals surface area contributed by atoms with Crippen molar-refractivity contribution < 1.29 is 14.2 Å². The third kappa shape index (κ3) is 10.3. The van der Waals surface area contributed by atoms with Crippen LogP contribution >= 0.6 is 24.0 Å². The van der Waals surface area contributed by atoms with Crippen LogP contribution in [0.25, 0.3) is 0 Å². The van der Waals surface area contributed by atoms with E-state index in [2.05, 4.69) is 51.7 Å². The highest BCUT2D eigenvalue weighted by molar-refractivity contribution is 14.0. The standard InChI is InChI=1S/C24H40N4O3.HI/c1-20-17-28(10-14-31-20)18-23-6-3-5-22(15-23)16-27-24(25-2)26-9-4-11-30-19-21-7-12-29-13-8-21;/h3,5-6,15,20-21H,4,7-14,16-19H2,1-2H3,(H2,25,26,27);1H. The molecule has 0 radical (unpaired) electrons. The molecule has 2 aliphatic heterocycles. The molecule has 2 saturated heterocycles. The van der Waals surface area contributed by atoms with Crippen molar-refractivity contribution in [2.75, 3.05) is 59.7 Å². The van der Waals surface area contributed by atoms with E-state index in [1.807, 2.05) is 7.05 Å². The first kappa shape index (κ1) is 27.3. The molecule has 1 unspecified atom stereocenters. The fraction of sp³-hybridized carbons (Fsp3) is 0.708. The van der Waals surface area contributed by atoms with Gasteiger partial charge in [-0.1, -0.05) is 24.3 Å². The maximum atomic E-state index is 5.83. The zero-order chi connectivity index (χ0) is 21.7. The van der Waals surface area contributed by atoms with Crippen LogP contribution in [0.2, 0.25) is 0 Å². The van der Waals surface area contributed by atoms with Crippen molar-refractivity contribution in [3.63, 3.8) is 0 Å². The van der Waals surface area contributed by atoms with Gasteiger partial charge in [0.25, 0.3) is 0 Å². The third-order valence-corrected chi connectivity index (χ3v) is 5.86. The third-order valence-electron chi connectivity index (χ3n) is 5.86. The molecule has 1 aromatic rings. The largest absolute Gasteiger partial charge is 0.381 e. The normalized spacial score (nSPS) is 20.6. The van der Waals surface area contributed by atoms with E-state index < -0.39 is 0 Å². The van der Waals surface area contributed by atoms with E-state index in [-0.39, 0.29) is 24.0 Å². The molecule has 0 aromatic heterocycles. The Bertz CT molecular complexity index is 670. The van der Waals surface area contributed by atoms with Gasteiger partial charge in [-0.2, -0.15) is 0 Å². The van der Waals surface area contributed by atoms with Gasteiger partial charge in [0, 0.05) is 66.2 Å². The molecule has 0 saturated carbocycles. The number of morpholine rings is 1. The van der Waals surface area contributed by atoms with Gasteiger partial charge in [0.05, 0.1) is 12.7 Å². The van der Waals surface area contributed by atoms with Gasteiger partial charge in [0.15, 0.2) is 5.96 Å². The number of nitrogens with one attached hydrogen (secondary N) is 2. The van der Waals surface area contributed by atoms with Crippen LogP contribution in [0.15, 0.2) is 29.3 Å². The van der Waals surface area contributed by atoms with Gasteiger partial charge in [-0.15, -0.1) is 24.0 Å². The topological polar surface area (TPSA) is 67.4 Å². The van der Waals surface area contributed by atoms with Crippen LogP contribution in [0, 0.1) is 5.92 Å². The Morgan fingerprint density at radius 3 is 2.78 bits per heavy atom. The summed E-state index contributed by atoms with van der Waals surface area (Å²) in [7, 11) is 1.81. The highest BCUT2D eigenvalue weighted by Crippen LogP contribution is 2.15. The summed E-state index contributed by atoms with van der Waals surface area (Å²) >= 11 is 0. The Morgan fingerprint density at radius 1 is 1.19 bits per heavy atom. The summed E-state index contributed by atoms with van der Waals surface area (Å²) < 4.78 is 16.9. The van der Waals surface area contributed by atoms with Gasteiger partial charge >= 0.3 is 0 Å². The molecule has 1 atom stereocenters. The number of ether oxygens (including phenoxy) is 3. The van der Waals surface area contributed by atoms with E-state index in [0.717, 1.165) is 91.0 Å². The first-order valence-electron chi connectivity index (χ1n) is 11.7. The van der Waals surface area contributed by atoms with Gasteiger partial charge in [-0.3, -0.25) is 9.89 Å². The van der Waals surface area contributed by atoms with Crippen molar-refractivity contribution in [3.05, 3.63) is 35.4 Å². The minimum atomic E-state index is 0. The van der Waals surface area contributed by atoms with Crippen LogP contribution in [-0.4, -0.2) is 76.7 Å². The minimum Gasteiger partial charge on any atom is -0.381 e. The first-order chi connectivity index (χ1) is 15.2. The number of aliphatic imine (C=N–C) groups is 1. The summed E-state index contributed by atoms with van der Waals surface area (Å²) in [4.78, 5) is 6.80. The van der Waals surface area contributed by atoms with E-state index in [4.69, 9.17) is 14.2 Å². The van der Waals surface area contributed by atoms with Gasteiger partial charge in [-0.05, 0) is 43.2 Å². The molecule has 2 aliphatic rings. The molecular formula is C24H41IN4O3. The number of hydrogen-bond donors (Lipinski definition) is 2. The van der Waals surface area contributed by atoms with Gasteiger partial charge in [0.2, 0.25) is 0 Å². The number of nitrogens with zero attached hydrogens (tertiary/aromatic N) is 2. The second-order valence-corrected chi connectivity index (χ2v) is 8.57. The molecule has 7 nitrogen and oxygen atoms in total. The summed E-state index contributed by atoms with van der Waals surface area (Å²) in [5.74, 6) is 1.50. The highest BCUT2D eigenvalue weighted by Gasteiger charge is 2.16. The summed E-state index contributed by atoms with van der Waals surface area (Å²) in [6.07, 6.45) is 3.54. The predicted octanol–water partition coefficient (Wildman–Crippen LogP) is 3.02. The van der Waals surface area contributed by atoms with Crippen molar-refractivity contribution in [3.8, 4) is 0 Å². The maximum Gasteiger partial charge on any atom is 0.191 e. The van der Waals surface area contributed by atoms with Crippen molar-refractivity contribution in [2.45, 2.75) is 45.4 Å². The molecule has 0 bridgehead atoms. The minimum absolute atomic E-state index is 0. The molecule has 1 aromatic carbocycles. The van der Waals surface area contributed by atoms with Crippen LogP contribution in [0.3, 0.4) is 0 Å².